The molecule has 0 saturated carbocycles. The molecule has 1 fully saturated rings. The summed E-state index contributed by atoms with van der Waals surface area (Å²) < 4.78 is 5.00. The number of hydrogen-bond donors (Lipinski definition) is 1. The molecule has 1 atom stereocenters. The highest BCUT2D eigenvalue weighted by Gasteiger charge is 2.26. The number of aryl methyl sites for hydroxylation is 1. The summed E-state index contributed by atoms with van der Waals surface area (Å²) in [6, 6.07) is 7.88. The van der Waals surface area contributed by atoms with Gasteiger partial charge in [0, 0.05) is 44.0 Å². The smallest absolute Gasteiger partial charge is 0.409 e. The molecule has 0 radical (unpaired) electrons. The lowest BCUT2D eigenvalue weighted by Gasteiger charge is -2.34. The maximum Gasteiger partial charge on any atom is 0.409 e. The van der Waals surface area contributed by atoms with Gasteiger partial charge in [-0.2, -0.15) is 0 Å². The number of hydrogen-bond acceptors (Lipinski definition) is 5. The number of nitrogens with one attached hydrogen (secondary N) is 1. The SMILES string of the molecule is CCOC(=O)N1CCN(C(=O)CCS[C@H]2CCc3ccccc3NC2=O)CC1. The molecular formula is C20H27N3O4S. The molecule has 2 aliphatic heterocycles. The van der Waals surface area contributed by atoms with E-state index in [2.05, 4.69) is 5.32 Å². The Kier molecular flexibility index (Phi) is 7.19. The van der Waals surface area contributed by atoms with Crippen molar-refractivity contribution < 1.29 is 19.1 Å². The van der Waals surface area contributed by atoms with Crippen molar-refractivity contribution in [3.63, 3.8) is 0 Å². The first kappa shape index (κ1) is 20.5. The Labute approximate surface area is 169 Å². The number of rotatable bonds is 5. The quantitative estimate of drug-likeness (QED) is 0.814. The van der Waals surface area contributed by atoms with E-state index in [9.17, 15) is 14.4 Å². The van der Waals surface area contributed by atoms with Gasteiger partial charge in [0.1, 0.15) is 0 Å². The second kappa shape index (κ2) is 9.82. The van der Waals surface area contributed by atoms with Crippen LogP contribution in [-0.2, 0) is 20.7 Å². The minimum atomic E-state index is -0.314. The van der Waals surface area contributed by atoms with Gasteiger partial charge in [-0.15, -0.1) is 11.8 Å². The number of benzene rings is 1. The van der Waals surface area contributed by atoms with Crippen molar-refractivity contribution in [2.75, 3.05) is 43.9 Å². The number of carbonyl (C=O) groups excluding carboxylic acids is 3. The first-order valence-electron chi connectivity index (χ1n) is 9.78. The summed E-state index contributed by atoms with van der Waals surface area (Å²) in [6.45, 7) is 4.20. The second-order valence-corrected chi connectivity index (χ2v) is 8.17. The number of amides is 3. The molecule has 0 spiro atoms. The predicted octanol–water partition coefficient (Wildman–Crippen LogP) is 2.36. The van der Waals surface area contributed by atoms with Crippen molar-refractivity contribution in [2.24, 2.45) is 0 Å². The monoisotopic (exact) mass is 405 g/mol. The van der Waals surface area contributed by atoms with E-state index in [1.807, 2.05) is 24.3 Å². The maximum absolute atomic E-state index is 12.4. The van der Waals surface area contributed by atoms with Crippen molar-refractivity contribution >= 4 is 35.4 Å². The fourth-order valence-corrected chi connectivity index (χ4v) is 4.52. The van der Waals surface area contributed by atoms with Crippen molar-refractivity contribution in [1.82, 2.24) is 9.80 Å². The highest BCUT2D eigenvalue weighted by atomic mass is 32.2. The van der Waals surface area contributed by atoms with Gasteiger partial charge in [-0.1, -0.05) is 18.2 Å². The molecule has 3 rings (SSSR count). The van der Waals surface area contributed by atoms with Crippen LogP contribution in [0.3, 0.4) is 0 Å². The Morgan fingerprint density at radius 1 is 1.18 bits per heavy atom. The van der Waals surface area contributed by atoms with Crippen LogP contribution in [0, 0.1) is 0 Å². The molecule has 0 bridgehead atoms. The van der Waals surface area contributed by atoms with Crippen molar-refractivity contribution in [2.45, 2.75) is 31.4 Å². The van der Waals surface area contributed by atoms with Gasteiger partial charge in [-0.05, 0) is 31.4 Å². The Hall–Kier alpha value is -2.22. The number of ether oxygens (including phenoxy) is 1. The summed E-state index contributed by atoms with van der Waals surface area (Å²) in [4.78, 5) is 40.0. The Balaban J connectivity index is 1.40. The number of fused-ring (bicyclic) bond motifs is 1. The third-order valence-electron chi connectivity index (χ3n) is 5.04. The average Bonchev–Trinajstić information content (AvgIpc) is 2.87. The molecule has 2 heterocycles. The van der Waals surface area contributed by atoms with Crippen LogP contribution in [0.15, 0.2) is 24.3 Å². The van der Waals surface area contributed by atoms with E-state index in [0.29, 0.717) is 45.0 Å². The van der Waals surface area contributed by atoms with Crippen LogP contribution in [0.2, 0.25) is 0 Å². The molecule has 1 aromatic rings. The van der Waals surface area contributed by atoms with E-state index in [0.717, 1.165) is 24.1 Å². The molecule has 0 aliphatic carbocycles. The topological polar surface area (TPSA) is 79.0 Å². The summed E-state index contributed by atoms with van der Waals surface area (Å²) in [6.07, 6.45) is 1.72. The van der Waals surface area contributed by atoms with Crippen LogP contribution in [0.1, 0.15) is 25.3 Å². The Morgan fingerprint density at radius 3 is 2.64 bits per heavy atom. The normalized spacial score (nSPS) is 19.5. The number of carbonyl (C=O) groups is 3. The van der Waals surface area contributed by atoms with Crippen LogP contribution in [-0.4, -0.2) is 71.5 Å². The fraction of sp³-hybridized carbons (Fsp3) is 0.550. The van der Waals surface area contributed by atoms with E-state index < -0.39 is 0 Å². The third kappa shape index (κ3) is 5.19. The molecule has 8 heteroatoms. The fourth-order valence-electron chi connectivity index (χ4n) is 3.45. The summed E-state index contributed by atoms with van der Waals surface area (Å²) in [5, 5.41) is 2.86. The molecule has 1 saturated heterocycles. The van der Waals surface area contributed by atoms with Gasteiger partial charge in [0.2, 0.25) is 11.8 Å². The zero-order chi connectivity index (χ0) is 19.9. The molecule has 1 aromatic carbocycles. The van der Waals surface area contributed by atoms with Crippen LogP contribution in [0.5, 0.6) is 0 Å². The van der Waals surface area contributed by atoms with Gasteiger partial charge in [0.15, 0.2) is 0 Å². The van der Waals surface area contributed by atoms with Gasteiger partial charge in [0.25, 0.3) is 0 Å². The van der Waals surface area contributed by atoms with E-state index in [1.54, 1.807) is 28.5 Å². The van der Waals surface area contributed by atoms with E-state index >= 15 is 0 Å². The van der Waals surface area contributed by atoms with E-state index in [-0.39, 0.29) is 23.2 Å². The van der Waals surface area contributed by atoms with Gasteiger partial charge in [0.05, 0.1) is 11.9 Å². The van der Waals surface area contributed by atoms with Gasteiger partial charge in [-0.25, -0.2) is 4.79 Å². The number of thioether (sulfide) groups is 1. The number of anilines is 1. The first-order chi connectivity index (χ1) is 13.6. The second-order valence-electron chi connectivity index (χ2n) is 6.86. The molecular weight excluding hydrogens is 378 g/mol. The molecule has 0 aromatic heterocycles. The average molecular weight is 406 g/mol. The summed E-state index contributed by atoms with van der Waals surface area (Å²) in [5.74, 6) is 0.713. The van der Waals surface area contributed by atoms with Crippen LogP contribution < -0.4 is 5.32 Å². The standard InChI is InChI=1S/C20H27N3O4S/c1-2-27-20(26)23-12-10-22(11-13-23)18(24)9-14-28-17-8-7-15-5-3-4-6-16(15)21-19(17)25/h3-6,17H,2,7-14H2,1H3,(H,21,25)/t17-/m0/s1. The highest BCUT2D eigenvalue weighted by molar-refractivity contribution is 8.00. The molecule has 0 unspecified atom stereocenters. The lowest BCUT2D eigenvalue weighted by atomic mass is 10.1. The number of piperazine rings is 1. The van der Waals surface area contributed by atoms with Crippen molar-refractivity contribution in [3.8, 4) is 0 Å². The number of nitrogens with zero attached hydrogens (tertiary/aromatic N) is 2. The van der Waals surface area contributed by atoms with Gasteiger partial charge in [-0.3, -0.25) is 9.59 Å². The van der Waals surface area contributed by atoms with Gasteiger partial charge >= 0.3 is 6.09 Å². The summed E-state index contributed by atoms with van der Waals surface area (Å²) in [7, 11) is 0. The van der Waals surface area contributed by atoms with Crippen LogP contribution in [0.4, 0.5) is 10.5 Å². The molecule has 152 valence electrons. The van der Waals surface area contributed by atoms with E-state index in [4.69, 9.17) is 4.74 Å². The van der Waals surface area contributed by atoms with Gasteiger partial charge < -0.3 is 19.9 Å². The van der Waals surface area contributed by atoms with E-state index in [1.165, 1.54) is 0 Å². The van der Waals surface area contributed by atoms with Crippen LogP contribution >= 0.6 is 11.8 Å². The van der Waals surface area contributed by atoms with Crippen molar-refractivity contribution in [3.05, 3.63) is 29.8 Å². The highest BCUT2D eigenvalue weighted by Crippen LogP contribution is 2.27. The first-order valence-corrected chi connectivity index (χ1v) is 10.8. The Bertz CT molecular complexity index is 719. The maximum atomic E-state index is 12.4. The predicted molar refractivity (Wildman–Crippen MR) is 109 cm³/mol. The number of para-hydroxylation sites is 1. The lowest BCUT2D eigenvalue weighted by Crippen LogP contribution is -2.50. The third-order valence-corrected chi connectivity index (χ3v) is 6.33. The zero-order valence-electron chi connectivity index (χ0n) is 16.2. The molecule has 3 amide bonds. The molecule has 7 nitrogen and oxygen atoms in total. The Morgan fingerprint density at radius 2 is 1.89 bits per heavy atom. The molecule has 1 N–H and O–H groups in total. The van der Waals surface area contributed by atoms with Crippen molar-refractivity contribution in [1.29, 1.82) is 0 Å². The lowest BCUT2D eigenvalue weighted by molar-refractivity contribution is -0.132. The summed E-state index contributed by atoms with van der Waals surface area (Å²) >= 11 is 1.55. The largest absolute Gasteiger partial charge is 0.450 e. The zero-order valence-corrected chi connectivity index (χ0v) is 17.0. The minimum absolute atomic E-state index is 0.0189. The minimum Gasteiger partial charge on any atom is -0.450 e. The summed E-state index contributed by atoms with van der Waals surface area (Å²) in [5.41, 5.74) is 2.06. The van der Waals surface area contributed by atoms with Crippen LogP contribution in [0.25, 0.3) is 0 Å². The molecule has 2 aliphatic rings. The molecule has 28 heavy (non-hydrogen) atoms.